The molecule has 0 atom stereocenters. The number of hydrogen-bond acceptors (Lipinski definition) is 3. The number of ether oxygens (including phenoxy) is 1. The van der Waals surface area contributed by atoms with Crippen LogP contribution in [0.3, 0.4) is 0 Å². The number of aromatic hydroxyl groups is 1. The van der Waals surface area contributed by atoms with Crippen molar-refractivity contribution in [2.45, 2.75) is 6.92 Å². The molecule has 0 bridgehead atoms. The fourth-order valence-electron chi connectivity index (χ4n) is 1.06. The van der Waals surface area contributed by atoms with Gasteiger partial charge in [-0.15, -0.1) is 0 Å². The van der Waals surface area contributed by atoms with Crippen LogP contribution in [0, 0.1) is 0 Å². The largest absolute Gasteiger partial charge is 0.504 e. The number of anilines is 1. The van der Waals surface area contributed by atoms with Gasteiger partial charge in [0, 0.05) is 25.8 Å². The second-order valence-electron chi connectivity index (χ2n) is 2.98. The predicted octanol–water partition coefficient (Wildman–Crippen LogP) is 1.86. The third-order valence-electron chi connectivity index (χ3n) is 1.76. The van der Waals surface area contributed by atoms with Crippen molar-refractivity contribution in [2.75, 3.05) is 25.6 Å². The number of nitrogens with zero attached hydrogens (tertiary/aromatic N) is 1. The van der Waals surface area contributed by atoms with Gasteiger partial charge in [-0.05, 0) is 19.1 Å². The summed E-state index contributed by atoms with van der Waals surface area (Å²) in [7, 11) is 3.85. The Kier molecular flexibility index (Phi) is 3.01. The van der Waals surface area contributed by atoms with Crippen LogP contribution in [0.15, 0.2) is 18.2 Å². The lowest BCUT2D eigenvalue weighted by atomic mass is 10.2. The monoisotopic (exact) mass is 181 g/mol. The van der Waals surface area contributed by atoms with Gasteiger partial charge in [0.1, 0.15) is 0 Å². The summed E-state index contributed by atoms with van der Waals surface area (Å²) in [4.78, 5) is 1.93. The van der Waals surface area contributed by atoms with Crippen LogP contribution in [-0.4, -0.2) is 25.8 Å². The molecular weight excluding hydrogens is 166 g/mol. The molecule has 1 aromatic carbocycles. The summed E-state index contributed by atoms with van der Waals surface area (Å²) in [6.45, 7) is 2.45. The Balaban J connectivity index is 2.92. The Morgan fingerprint density at radius 2 is 2.08 bits per heavy atom. The molecule has 0 aliphatic heterocycles. The van der Waals surface area contributed by atoms with E-state index in [1.54, 1.807) is 12.1 Å². The lowest BCUT2D eigenvalue weighted by Gasteiger charge is -2.14. The average Bonchev–Trinajstić information content (AvgIpc) is 2.08. The van der Waals surface area contributed by atoms with Crippen LogP contribution in [-0.2, 0) is 0 Å². The minimum Gasteiger partial charge on any atom is -0.504 e. The normalized spacial score (nSPS) is 9.77. The van der Waals surface area contributed by atoms with Gasteiger partial charge >= 0.3 is 0 Å². The fourth-order valence-corrected chi connectivity index (χ4v) is 1.06. The highest BCUT2D eigenvalue weighted by Gasteiger charge is 2.03. The van der Waals surface area contributed by atoms with Crippen LogP contribution >= 0.6 is 0 Å². The van der Waals surface area contributed by atoms with Crippen LogP contribution in [0.1, 0.15) is 6.92 Å². The molecule has 0 saturated carbocycles. The summed E-state index contributed by atoms with van der Waals surface area (Å²) in [5, 5.41) is 9.52. The quantitative estimate of drug-likeness (QED) is 0.772. The number of phenols is 1. The van der Waals surface area contributed by atoms with Gasteiger partial charge in [-0.1, -0.05) is 0 Å². The second-order valence-corrected chi connectivity index (χ2v) is 2.98. The Labute approximate surface area is 78.6 Å². The van der Waals surface area contributed by atoms with Crippen molar-refractivity contribution in [3.8, 4) is 11.5 Å². The first-order chi connectivity index (χ1) is 6.15. The molecule has 0 fully saturated rings. The van der Waals surface area contributed by atoms with Crippen LogP contribution < -0.4 is 9.64 Å². The Hall–Kier alpha value is -1.38. The maximum Gasteiger partial charge on any atom is 0.161 e. The summed E-state index contributed by atoms with van der Waals surface area (Å²) >= 11 is 0. The highest BCUT2D eigenvalue weighted by atomic mass is 16.5. The zero-order chi connectivity index (χ0) is 9.84. The molecule has 0 saturated heterocycles. The van der Waals surface area contributed by atoms with Crippen molar-refractivity contribution in [3.63, 3.8) is 0 Å². The van der Waals surface area contributed by atoms with Gasteiger partial charge in [-0.25, -0.2) is 0 Å². The van der Waals surface area contributed by atoms with Crippen molar-refractivity contribution < 1.29 is 9.84 Å². The van der Waals surface area contributed by atoms with Gasteiger partial charge in [-0.2, -0.15) is 0 Å². The molecule has 0 radical (unpaired) electrons. The van der Waals surface area contributed by atoms with Gasteiger partial charge < -0.3 is 14.7 Å². The summed E-state index contributed by atoms with van der Waals surface area (Å²) in [6.07, 6.45) is 0. The van der Waals surface area contributed by atoms with E-state index in [4.69, 9.17) is 4.74 Å². The number of benzene rings is 1. The van der Waals surface area contributed by atoms with E-state index < -0.39 is 0 Å². The average molecular weight is 181 g/mol. The van der Waals surface area contributed by atoms with Crippen molar-refractivity contribution in [2.24, 2.45) is 0 Å². The smallest absolute Gasteiger partial charge is 0.161 e. The molecular formula is C10H15NO2. The summed E-state index contributed by atoms with van der Waals surface area (Å²) < 4.78 is 5.20. The maximum absolute atomic E-state index is 9.52. The highest BCUT2D eigenvalue weighted by molar-refractivity contribution is 5.54. The standard InChI is InChI=1S/C10H15NO2/c1-4-13-10-6-5-8(11(2)3)7-9(10)12/h5-7,12H,4H2,1-3H3. The van der Waals surface area contributed by atoms with Gasteiger partial charge in [0.05, 0.1) is 6.61 Å². The molecule has 1 N–H and O–H groups in total. The van der Waals surface area contributed by atoms with Crippen LogP contribution in [0.5, 0.6) is 11.5 Å². The Morgan fingerprint density at radius 1 is 1.38 bits per heavy atom. The molecule has 13 heavy (non-hydrogen) atoms. The van der Waals surface area contributed by atoms with Crippen LogP contribution in [0.25, 0.3) is 0 Å². The van der Waals surface area contributed by atoms with Crippen molar-refractivity contribution in [1.29, 1.82) is 0 Å². The summed E-state index contributed by atoms with van der Waals surface area (Å²) in [6, 6.07) is 5.36. The van der Waals surface area contributed by atoms with Crippen LogP contribution in [0.2, 0.25) is 0 Å². The van der Waals surface area contributed by atoms with Gasteiger partial charge in [0.15, 0.2) is 11.5 Å². The summed E-state index contributed by atoms with van der Waals surface area (Å²) in [5.74, 6) is 0.723. The molecule has 1 rings (SSSR count). The summed E-state index contributed by atoms with van der Waals surface area (Å²) in [5.41, 5.74) is 0.959. The molecule has 3 nitrogen and oxygen atoms in total. The van der Waals surface area contributed by atoms with Gasteiger partial charge in [0.25, 0.3) is 0 Å². The number of rotatable bonds is 3. The number of phenolic OH excluding ortho intramolecular Hbond substituents is 1. The van der Waals surface area contributed by atoms with Crippen molar-refractivity contribution in [3.05, 3.63) is 18.2 Å². The molecule has 0 aliphatic rings. The Bertz CT molecular complexity index is 284. The fraction of sp³-hybridized carbons (Fsp3) is 0.400. The zero-order valence-electron chi connectivity index (χ0n) is 8.24. The molecule has 0 unspecified atom stereocenters. The van der Waals surface area contributed by atoms with Gasteiger partial charge in [0.2, 0.25) is 0 Å². The van der Waals surface area contributed by atoms with E-state index in [1.165, 1.54) is 0 Å². The zero-order valence-corrected chi connectivity index (χ0v) is 8.24. The van der Waals surface area contributed by atoms with E-state index in [1.807, 2.05) is 32.0 Å². The van der Waals surface area contributed by atoms with E-state index >= 15 is 0 Å². The molecule has 1 aromatic rings. The van der Waals surface area contributed by atoms with Crippen molar-refractivity contribution >= 4 is 5.69 Å². The second kappa shape index (κ2) is 4.03. The first kappa shape index (κ1) is 9.71. The van der Waals surface area contributed by atoms with E-state index in [2.05, 4.69) is 0 Å². The highest BCUT2D eigenvalue weighted by Crippen LogP contribution is 2.29. The van der Waals surface area contributed by atoms with Crippen LogP contribution in [0.4, 0.5) is 5.69 Å². The lowest BCUT2D eigenvalue weighted by molar-refractivity contribution is 0.318. The van der Waals surface area contributed by atoms with E-state index in [-0.39, 0.29) is 5.75 Å². The van der Waals surface area contributed by atoms with E-state index in [9.17, 15) is 5.11 Å². The minimum atomic E-state index is 0.188. The third-order valence-corrected chi connectivity index (χ3v) is 1.76. The predicted molar refractivity (Wildman–Crippen MR) is 53.6 cm³/mol. The Morgan fingerprint density at radius 3 is 2.54 bits per heavy atom. The molecule has 0 aliphatic carbocycles. The first-order valence-electron chi connectivity index (χ1n) is 4.28. The topological polar surface area (TPSA) is 32.7 Å². The third kappa shape index (κ3) is 2.28. The molecule has 0 amide bonds. The first-order valence-corrected chi connectivity index (χ1v) is 4.28. The maximum atomic E-state index is 9.52. The van der Waals surface area contributed by atoms with E-state index in [0.717, 1.165) is 5.69 Å². The molecule has 0 heterocycles. The molecule has 0 aromatic heterocycles. The molecule has 0 spiro atoms. The van der Waals surface area contributed by atoms with E-state index in [0.29, 0.717) is 12.4 Å². The molecule has 3 heteroatoms. The SMILES string of the molecule is CCOc1ccc(N(C)C)cc1O. The van der Waals surface area contributed by atoms with Crippen molar-refractivity contribution in [1.82, 2.24) is 0 Å². The molecule has 72 valence electrons. The lowest BCUT2D eigenvalue weighted by Crippen LogP contribution is -2.08. The number of hydrogen-bond donors (Lipinski definition) is 1. The minimum absolute atomic E-state index is 0.188. The van der Waals surface area contributed by atoms with Gasteiger partial charge in [-0.3, -0.25) is 0 Å².